The molecule has 0 bridgehead atoms. The van der Waals surface area contributed by atoms with Crippen molar-refractivity contribution in [3.05, 3.63) is 35.4 Å². The average molecular weight is 273 g/mol. The highest BCUT2D eigenvalue weighted by Gasteiger charge is 2.45. The van der Waals surface area contributed by atoms with Crippen molar-refractivity contribution in [3.8, 4) is 0 Å². The van der Waals surface area contributed by atoms with Crippen molar-refractivity contribution >= 4 is 17.8 Å². The van der Waals surface area contributed by atoms with E-state index >= 15 is 0 Å². The Morgan fingerprint density at radius 3 is 2.10 bits per heavy atom. The fourth-order valence-electron chi connectivity index (χ4n) is 3.11. The Morgan fingerprint density at radius 1 is 1.15 bits per heavy atom. The van der Waals surface area contributed by atoms with Gasteiger partial charge in [0.25, 0.3) is 11.8 Å². The van der Waals surface area contributed by atoms with Crippen molar-refractivity contribution < 1.29 is 19.5 Å². The molecular weight excluding hydrogens is 258 g/mol. The molecule has 1 aromatic carbocycles. The zero-order valence-corrected chi connectivity index (χ0v) is 11.0. The topological polar surface area (TPSA) is 74.7 Å². The molecule has 1 N–H and O–H groups in total. The first-order valence-electron chi connectivity index (χ1n) is 6.69. The molecule has 0 saturated heterocycles. The lowest BCUT2D eigenvalue weighted by Crippen LogP contribution is -2.45. The van der Waals surface area contributed by atoms with Crippen LogP contribution in [0.15, 0.2) is 24.3 Å². The van der Waals surface area contributed by atoms with Crippen molar-refractivity contribution in [1.82, 2.24) is 4.90 Å². The fraction of sp³-hybridized carbons (Fsp3) is 0.400. The molecular formula is C15H15NO4. The van der Waals surface area contributed by atoms with Crippen LogP contribution in [0.4, 0.5) is 0 Å². The maximum atomic E-state index is 12.3. The first-order chi connectivity index (χ1) is 9.52. The summed E-state index contributed by atoms with van der Waals surface area (Å²) in [4.78, 5) is 36.7. The normalized spacial score (nSPS) is 19.7. The van der Waals surface area contributed by atoms with Gasteiger partial charge in [-0.05, 0) is 30.4 Å². The van der Waals surface area contributed by atoms with Gasteiger partial charge in [-0.25, -0.2) is 0 Å². The highest BCUT2D eigenvalue weighted by Crippen LogP contribution is 2.45. The molecule has 1 aliphatic carbocycles. The van der Waals surface area contributed by atoms with Crippen LogP contribution in [0.5, 0.6) is 0 Å². The third-order valence-electron chi connectivity index (χ3n) is 4.31. The summed E-state index contributed by atoms with van der Waals surface area (Å²) in [6.45, 7) is 0.214. The van der Waals surface area contributed by atoms with Gasteiger partial charge >= 0.3 is 5.97 Å². The molecule has 3 rings (SSSR count). The zero-order chi connectivity index (χ0) is 14.3. The Balaban J connectivity index is 1.84. The summed E-state index contributed by atoms with van der Waals surface area (Å²) in [6, 6.07) is 6.73. The van der Waals surface area contributed by atoms with Gasteiger partial charge in [-0.2, -0.15) is 0 Å². The molecule has 0 atom stereocenters. The molecule has 0 spiro atoms. The molecule has 1 fully saturated rings. The van der Waals surface area contributed by atoms with Crippen LogP contribution >= 0.6 is 0 Å². The van der Waals surface area contributed by atoms with Crippen molar-refractivity contribution in [3.63, 3.8) is 0 Å². The fourth-order valence-corrected chi connectivity index (χ4v) is 3.11. The Hall–Kier alpha value is -2.17. The van der Waals surface area contributed by atoms with E-state index in [1.807, 2.05) is 0 Å². The van der Waals surface area contributed by atoms with Crippen molar-refractivity contribution in [2.24, 2.45) is 5.41 Å². The number of carboxylic acid groups (broad SMARTS) is 1. The highest BCUT2D eigenvalue weighted by atomic mass is 16.4. The number of fused-ring (bicyclic) bond motifs is 1. The maximum absolute atomic E-state index is 12.3. The van der Waals surface area contributed by atoms with E-state index in [0.29, 0.717) is 11.1 Å². The van der Waals surface area contributed by atoms with E-state index in [0.717, 1.165) is 19.3 Å². The van der Waals surface area contributed by atoms with Gasteiger partial charge < -0.3 is 5.11 Å². The molecule has 1 aromatic rings. The molecule has 2 aliphatic rings. The van der Waals surface area contributed by atoms with Gasteiger partial charge in [0, 0.05) is 6.54 Å². The van der Waals surface area contributed by atoms with E-state index in [2.05, 4.69) is 0 Å². The highest BCUT2D eigenvalue weighted by molar-refractivity contribution is 6.21. The first-order valence-corrected chi connectivity index (χ1v) is 6.69. The zero-order valence-electron chi connectivity index (χ0n) is 11.0. The van der Waals surface area contributed by atoms with Crippen molar-refractivity contribution in [2.75, 3.05) is 6.54 Å². The van der Waals surface area contributed by atoms with Gasteiger partial charge in [0.1, 0.15) is 0 Å². The summed E-state index contributed by atoms with van der Waals surface area (Å²) < 4.78 is 0. The number of nitrogens with zero attached hydrogens (tertiary/aromatic N) is 1. The lowest BCUT2D eigenvalue weighted by molar-refractivity contribution is -0.141. The molecule has 0 aromatic heterocycles. The van der Waals surface area contributed by atoms with Crippen LogP contribution in [0.25, 0.3) is 0 Å². The van der Waals surface area contributed by atoms with Crippen LogP contribution in [0, 0.1) is 5.41 Å². The smallest absolute Gasteiger partial charge is 0.303 e. The Bertz CT molecular complexity index is 569. The number of hydrogen-bond donors (Lipinski definition) is 1. The second-order valence-electron chi connectivity index (χ2n) is 5.67. The number of rotatable bonds is 4. The van der Waals surface area contributed by atoms with E-state index in [9.17, 15) is 14.4 Å². The van der Waals surface area contributed by atoms with Crippen LogP contribution in [0.2, 0.25) is 0 Å². The average Bonchev–Trinajstić information content (AvgIpc) is 2.61. The first kappa shape index (κ1) is 12.8. The van der Waals surface area contributed by atoms with Gasteiger partial charge in [0.05, 0.1) is 17.5 Å². The summed E-state index contributed by atoms with van der Waals surface area (Å²) in [7, 11) is 0. The van der Waals surface area contributed by atoms with Crippen LogP contribution in [-0.4, -0.2) is 34.3 Å². The Labute approximate surface area is 116 Å². The van der Waals surface area contributed by atoms with E-state index in [1.165, 1.54) is 4.90 Å². The molecule has 5 heteroatoms. The molecule has 0 radical (unpaired) electrons. The Kier molecular flexibility index (Phi) is 2.85. The molecule has 104 valence electrons. The van der Waals surface area contributed by atoms with Crippen molar-refractivity contribution in [2.45, 2.75) is 25.7 Å². The minimum atomic E-state index is -0.874. The van der Waals surface area contributed by atoms with Gasteiger partial charge in [0.15, 0.2) is 0 Å². The van der Waals surface area contributed by atoms with Crippen LogP contribution in [0.3, 0.4) is 0 Å². The predicted molar refractivity (Wildman–Crippen MR) is 70.3 cm³/mol. The number of amides is 2. The number of carboxylic acids is 1. The number of carbonyl (C=O) groups is 3. The summed E-state index contributed by atoms with van der Waals surface area (Å²) in [6.07, 6.45) is 2.48. The largest absolute Gasteiger partial charge is 0.481 e. The monoisotopic (exact) mass is 273 g/mol. The standard InChI is InChI=1S/C15H15NO4/c17-12(18)8-15(6-3-7-15)9-16-13(19)10-4-1-2-5-11(10)14(16)20/h1-2,4-5H,3,6-9H2,(H,17,18). The van der Waals surface area contributed by atoms with E-state index < -0.39 is 11.4 Å². The summed E-state index contributed by atoms with van der Waals surface area (Å²) in [5.41, 5.74) is 0.406. The van der Waals surface area contributed by atoms with Gasteiger partial charge in [-0.1, -0.05) is 18.6 Å². The molecule has 5 nitrogen and oxygen atoms in total. The Morgan fingerprint density at radius 2 is 1.70 bits per heavy atom. The van der Waals surface area contributed by atoms with Gasteiger partial charge in [-0.15, -0.1) is 0 Å². The van der Waals surface area contributed by atoms with E-state index in [-0.39, 0.29) is 24.8 Å². The lowest BCUT2D eigenvalue weighted by atomic mass is 9.66. The molecule has 20 heavy (non-hydrogen) atoms. The maximum Gasteiger partial charge on any atom is 0.303 e. The number of carbonyl (C=O) groups excluding carboxylic acids is 2. The quantitative estimate of drug-likeness (QED) is 0.850. The molecule has 2 amide bonds. The van der Waals surface area contributed by atoms with E-state index in [4.69, 9.17) is 5.11 Å². The van der Waals surface area contributed by atoms with Crippen molar-refractivity contribution in [1.29, 1.82) is 0 Å². The van der Waals surface area contributed by atoms with Crippen LogP contribution in [-0.2, 0) is 4.79 Å². The minimum absolute atomic E-state index is 0.0143. The second-order valence-corrected chi connectivity index (χ2v) is 5.67. The van der Waals surface area contributed by atoms with E-state index in [1.54, 1.807) is 24.3 Å². The predicted octanol–water partition coefficient (Wildman–Crippen LogP) is 1.93. The third-order valence-corrected chi connectivity index (χ3v) is 4.31. The third kappa shape index (κ3) is 1.90. The molecule has 1 heterocycles. The molecule has 0 unspecified atom stereocenters. The molecule has 1 aliphatic heterocycles. The second kappa shape index (κ2) is 4.44. The summed E-state index contributed by atoms with van der Waals surface area (Å²) >= 11 is 0. The number of benzene rings is 1. The van der Waals surface area contributed by atoms with Gasteiger partial charge in [0.2, 0.25) is 0 Å². The molecule has 1 saturated carbocycles. The lowest BCUT2D eigenvalue weighted by Gasteiger charge is -2.42. The van der Waals surface area contributed by atoms with Crippen LogP contribution < -0.4 is 0 Å². The number of imide groups is 1. The minimum Gasteiger partial charge on any atom is -0.481 e. The summed E-state index contributed by atoms with van der Waals surface area (Å²) in [5, 5.41) is 9.01. The SMILES string of the molecule is O=C(O)CC1(CN2C(=O)c3ccccc3C2=O)CCC1. The summed E-state index contributed by atoms with van der Waals surface area (Å²) in [5.74, 6) is -1.48. The van der Waals surface area contributed by atoms with Crippen LogP contribution in [0.1, 0.15) is 46.4 Å². The number of aliphatic carboxylic acids is 1. The van der Waals surface area contributed by atoms with Gasteiger partial charge in [-0.3, -0.25) is 19.3 Å². The number of hydrogen-bond acceptors (Lipinski definition) is 3.